The van der Waals surface area contributed by atoms with E-state index in [1.165, 1.54) is 5.56 Å². The predicted molar refractivity (Wildman–Crippen MR) is 106 cm³/mol. The van der Waals surface area contributed by atoms with Crippen LogP contribution in [-0.4, -0.2) is 62.6 Å². The smallest absolute Gasteiger partial charge is 0.225 e. The normalized spacial score (nSPS) is 17.0. The van der Waals surface area contributed by atoms with Gasteiger partial charge in [0.25, 0.3) is 0 Å². The van der Waals surface area contributed by atoms with Crippen molar-refractivity contribution in [2.45, 2.75) is 12.5 Å². The number of thiophene rings is 1. The van der Waals surface area contributed by atoms with Crippen LogP contribution in [-0.2, 0) is 11.2 Å². The Labute approximate surface area is 159 Å². The van der Waals surface area contributed by atoms with E-state index >= 15 is 0 Å². The molecule has 1 fully saturated rings. The molecular formula is C20H27N3O2S. The molecule has 0 spiro atoms. The van der Waals surface area contributed by atoms with Gasteiger partial charge in [0.05, 0.1) is 19.6 Å². The van der Waals surface area contributed by atoms with Crippen LogP contribution in [0.2, 0.25) is 0 Å². The van der Waals surface area contributed by atoms with Crippen LogP contribution in [0.4, 0.5) is 0 Å². The first-order valence-corrected chi connectivity index (χ1v) is 9.89. The largest absolute Gasteiger partial charge is 0.497 e. The van der Waals surface area contributed by atoms with Crippen LogP contribution in [0.5, 0.6) is 5.75 Å². The minimum Gasteiger partial charge on any atom is -0.497 e. The summed E-state index contributed by atoms with van der Waals surface area (Å²) in [6, 6.07) is 12.4. The second-order valence-electron chi connectivity index (χ2n) is 6.69. The zero-order chi connectivity index (χ0) is 18.4. The molecule has 0 radical (unpaired) electrons. The van der Waals surface area contributed by atoms with E-state index in [4.69, 9.17) is 4.74 Å². The lowest BCUT2D eigenvalue weighted by molar-refractivity contribution is -0.120. The van der Waals surface area contributed by atoms with E-state index in [1.807, 2.05) is 29.6 Å². The molecule has 140 valence electrons. The summed E-state index contributed by atoms with van der Waals surface area (Å²) in [6.45, 7) is 4.74. The standard InChI is InChI=1S/C20H27N3O2S/c1-22-9-11-23(12-10-22)19(16-5-7-17(25-2)8-6-16)15-21-20(24)14-18-4-3-13-26-18/h3-8,13,19H,9-12,14-15H2,1-2H3,(H,21,24). The lowest BCUT2D eigenvalue weighted by Gasteiger charge is -2.38. The van der Waals surface area contributed by atoms with E-state index in [0.29, 0.717) is 13.0 Å². The summed E-state index contributed by atoms with van der Waals surface area (Å²) >= 11 is 1.62. The highest BCUT2D eigenvalue weighted by Crippen LogP contribution is 2.24. The maximum atomic E-state index is 12.3. The van der Waals surface area contributed by atoms with Gasteiger partial charge in [-0.1, -0.05) is 18.2 Å². The third-order valence-corrected chi connectivity index (χ3v) is 5.76. The third-order valence-electron chi connectivity index (χ3n) is 4.89. The Balaban J connectivity index is 1.66. The Hall–Kier alpha value is -1.89. The second kappa shape index (κ2) is 9.16. The van der Waals surface area contributed by atoms with E-state index in [9.17, 15) is 4.79 Å². The number of carbonyl (C=O) groups is 1. The fraction of sp³-hybridized carbons (Fsp3) is 0.450. The maximum absolute atomic E-state index is 12.3. The maximum Gasteiger partial charge on any atom is 0.225 e. The third kappa shape index (κ3) is 5.06. The van der Waals surface area contributed by atoms with Crippen molar-refractivity contribution in [1.29, 1.82) is 0 Å². The molecule has 1 aliphatic rings. The molecule has 1 aromatic heterocycles. The molecule has 1 aromatic carbocycles. The predicted octanol–water partition coefficient (Wildman–Crippen LogP) is 2.40. The number of likely N-dealkylation sites (N-methyl/N-ethyl adjacent to an activating group) is 1. The van der Waals surface area contributed by atoms with Crippen LogP contribution in [0.25, 0.3) is 0 Å². The number of carbonyl (C=O) groups excluding carboxylic acids is 1. The van der Waals surface area contributed by atoms with Crippen molar-refractivity contribution in [3.63, 3.8) is 0 Å². The average Bonchev–Trinajstić information content (AvgIpc) is 3.16. The fourth-order valence-electron chi connectivity index (χ4n) is 3.26. The highest BCUT2D eigenvalue weighted by molar-refractivity contribution is 7.10. The molecule has 1 unspecified atom stereocenters. The van der Waals surface area contributed by atoms with E-state index in [-0.39, 0.29) is 11.9 Å². The summed E-state index contributed by atoms with van der Waals surface area (Å²) in [5.41, 5.74) is 1.21. The van der Waals surface area contributed by atoms with Crippen LogP contribution < -0.4 is 10.1 Å². The van der Waals surface area contributed by atoms with Gasteiger partial charge in [-0.2, -0.15) is 0 Å². The van der Waals surface area contributed by atoms with Gasteiger partial charge >= 0.3 is 0 Å². The van der Waals surface area contributed by atoms with Gasteiger partial charge < -0.3 is 15.0 Å². The number of benzene rings is 1. The quantitative estimate of drug-likeness (QED) is 0.810. The number of rotatable bonds is 7. The summed E-state index contributed by atoms with van der Waals surface area (Å²) in [5, 5.41) is 5.14. The van der Waals surface area contributed by atoms with Gasteiger partial charge in [-0.15, -0.1) is 11.3 Å². The molecule has 5 nitrogen and oxygen atoms in total. The van der Waals surface area contributed by atoms with Gasteiger partial charge in [0.2, 0.25) is 5.91 Å². The van der Waals surface area contributed by atoms with E-state index in [2.05, 4.69) is 34.3 Å². The van der Waals surface area contributed by atoms with Crippen molar-refractivity contribution < 1.29 is 9.53 Å². The van der Waals surface area contributed by atoms with Crippen molar-refractivity contribution in [2.75, 3.05) is 46.9 Å². The van der Waals surface area contributed by atoms with E-state index in [0.717, 1.165) is 36.8 Å². The molecule has 2 aromatic rings. The number of nitrogens with one attached hydrogen (secondary N) is 1. The number of hydrogen-bond donors (Lipinski definition) is 1. The van der Waals surface area contributed by atoms with Gasteiger partial charge in [-0.3, -0.25) is 9.69 Å². The van der Waals surface area contributed by atoms with Crippen LogP contribution >= 0.6 is 11.3 Å². The van der Waals surface area contributed by atoms with Crippen molar-refractivity contribution in [3.05, 3.63) is 52.2 Å². The molecular weight excluding hydrogens is 346 g/mol. The van der Waals surface area contributed by atoms with Gasteiger partial charge in [-0.05, 0) is 36.2 Å². The number of hydrogen-bond acceptors (Lipinski definition) is 5. The average molecular weight is 374 g/mol. The van der Waals surface area contributed by atoms with Crippen molar-refractivity contribution in [3.8, 4) is 5.75 Å². The number of piperazine rings is 1. The topological polar surface area (TPSA) is 44.8 Å². The Morgan fingerprint density at radius 1 is 1.19 bits per heavy atom. The molecule has 0 bridgehead atoms. The number of nitrogens with zero attached hydrogens (tertiary/aromatic N) is 2. The fourth-order valence-corrected chi connectivity index (χ4v) is 3.97. The molecule has 3 rings (SSSR count). The molecule has 0 saturated carbocycles. The molecule has 2 heterocycles. The zero-order valence-corrected chi connectivity index (χ0v) is 16.3. The highest BCUT2D eigenvalue weighted by Gasteiger charge is 2.24. The first kappa shape index (κ1) is 18.9. The molecule has 26 heavy (non-hydrogen) atoms. The minimum absolute atomic E-state index is 0.0834. The lowest BCUT2D eigenvalue weighted by Crippen LogP contribution is -2.48. The molecule has 0 aliphatic carbocycles. The summed E-state index contributed by atoms with van der Waals surface area (Å²) < 4.78 is 5.28. The number of ether oxygens (including phenoxy) is 1. The molecule has 1 saturated heterocycles. The van der Waals surface area contributed by atoms with Crippen molar-refractivity contribution in [2.24, 2.45) is 0 Å². The van der Waals surface area contributed by atoms with E-state index < -0.39 is 0 Å². The summed E-state index contributed by atoms with van der Waals surface area (Å²) in [5.74, 6) is 0.938. The van der Waals surface area contributed by atoms with Gasteiger partial charge in [0, 0.05) is 37.6 Å². The molecule has 6 heteroatoms. The first-order valence-electron chi connectivity index (χ1n) is 9.01. The Bertz CT molecular complexity index is 680. The van der Waals surface area contributed by atoms with Gasteiger partial charge in [0.1, 0.15) is 5.75 Å². The van der Waals surface area contributed by atoms with Crippen LogP contribution in [0.3, 0.4) is 0 Å². The highest BCUT2D eigenvalue weighted by atomic mass is 32.1. The molecule has 1 amide bonds. The summed E-state index contributed by atoms with van der Waals surface area (Å²) in [7, 11) is 3.83. The SMILES string of the molecule is COc1ccc(C(CNC(=O)Cc2cccs2)N2CCN(C)CC2)cc1. The monoisotopic (exact) mass is 373 g/mol. The van der Waals surface area contributed by atoms with E-state index in [1.54, 1.807) is 18.4 Å². The molecule has 1 atom stereocenters. The molecule has 1 aliphatic heterocycles. The Morgan fingerprint density at radius 2 is 1.92 bits per heavy atom. The molecule has 1 N–H and O–H groups in total. The Kier molecular flexibility index (Phi) is 6.66. The number of methoxy groups -OCH3 is 1. The zero-order valence-electron chi connectivity index (χ0n) is 15.5. The van der Waals surface area contributed by atoms with Crippen LogP contribution in [0.1, 0.15) is 16.5 Å². The van der Waals surface area contributed by atoms with Crippen molar-refractivity contribution >= 4 is 17.2 Å². The van der Waals surface area contributed by atoms with Crippen molar-refractivity contribution in [1.82, 2.24) is 15.1 Å². The lowest BCUT2D eigenvalue weighted by atomic mass is 10.0. The number of amides is 1. The van der Waals surface area contributed by atoms with Gasteiger partial charge in [-0.25, -0.2) is 0 Å². The van der Waals surface area contributed by atoms with Gasteiger partial charge in [0.15, 0.2) is 0 Å². The first-order chi connectivity index (χ1) is 12.7. The minimum atomic E-state index is 0.0834. The van der Waals surface area contributed by atoms with Crippen LogP contribution in [0.15, 0.2) is 41.8 Å². The van der Waals surface area contributed by atoms with Crippen LogP contribution in [0, 0.1) is 0 Å². The Morgan fingerprint density at radius 3 is 2.54 bits per heavy atom. The summed E-state index contributed by atoms with van der Waals surface area (Å²) in [6.07, 6.45) is 0.454. The summed E-state index contributed by atoms with van der Waals surface area (Å²) in [4.78, 5) is 18.2. The second-order valence-corrected chi connectivity index (χ2v) is 7.72.